The fourth-order valence-electron chi connectivity index (χ4n) is 5.31. The van der Waals surface area contributed by atoms with Crippen LogP contribution in [0.3, 0.4) is 0 Å². The van der Waals surface area contributed by atoms with E-state index in [1.807, 2.05) is 55.4 Å². The summed E-state index contributed by atoms with van der Waals surface area (Å²) in [4.78, 5) is 55.7. The zero-order valence-electron chi connectivity index (χ0n) is 30.6. The van der Waals surface area contributed by atoms with Crippen LogP contribution < -0.4 is 21.3 Å². The Kier molecular flexibility index (Phi) is 14.7. The SMILES string of the molecule is CC(C)C1CCN(C(=O)[C@@H](NC(=O)N[C@H](CN(C)S(C)(=O)=O)C(C)(C)C)C(C)(C)C)[C@@H]1C(=O)N[C@@H](CC(F)F)C(=O)NCC(C)(C)C. The van der Waals surface area contributed by atoms with Crippen LogP contribution in [-0.4, -0.2) is 105 Å². The van der Waals surface area contributed by atoms with E-state index in [2.05, 4.69) is 21.3 Å². The number of carbonyl (C=O) groups excluding carboxylic acids is 4. The lowest BCUT2D eigenvalue weighted by Crippen LogP contribution is -2.62. The van der Waals surface area contributed by atoms with Gasteiger partial charge in [0.25, 0.3) is 0 Å². The molecular weight excluding hydrogens is 634 g/mol. The number of urea groups is 1. The molecule has 5 atom stereocenters. The summed E-state index contributed by atoms with van der Waals surface area (Å²) in [5.74, 6) is -2.35. The van der Waals surface area contributed by atoms with E-state index in [9.17, 15) is 36.4 Å². The molecule has 0 radical (unpaired) electrons. The van der Waals surface area contributed by atoms with Crippen LogP contribution in [0.15, 0.2) is 0 Å². The van der Waals surface area contributed by atoms with E-state index in [4.69, 9.17) is 0 Å². The minimum absolute atomic E-state index is 0.00254. The van der Waals surface area contributed by atoms with Crippen molar-refractivity contribution in [3.63, 3.8) is 0 Å². The molecule has 0 bridgehead atoms. The standard InChI is InChI=1S/C32H60F2N6O6S/c1-19(2)20-14-15-40(24(20)27(42)36-21(16-23(33)34)26(41)35-18-30(3,4)5)28(43)25(32(9,10)11)38-29(44)37-22(31(6,7)8)17-39(12)47(13,45)46/h19-25H,14-18H2,1-13H3,(H,35,41)(H,36,42)(H2,37,38,44)/t20?,21-,22+,24-,25+/m0/s1. The van der Waals surface area contributed by atoms with Gasteiger partial charge in [0.15, 0.2) is 0 Å². The quantitative estimate of drug-likeness (QED) is 0.232. The van der Waals surface area contributed by atoms with Gasteiger partial charge in [0.2, 0.25) is 34.2 Å². The third-order valence-corrected chi connectivity index (χ3v) is 9.72. The summed E-state index contributed by atoms with van der Waals surface area (Å²) in [7, 11) is -2.11. The van der Waals surface area contributed by atoms with Crippen LogP contribution in [0.5, 0.6) is 0 Å². The number of likely N-dealkylation sites (tertiary alicyclic amines) is 1. The average molecular weight is 695 g/mol. The lowest BCUT2D eigenvalue weighted by molar-refractivity contribution is -0.144. The predicted molar refractivity (Wildman–Crippen MR) is 179 cm³/mol. The number of rotatable bonds is 13. The monoisotopic (exact) mass is 694 g/mol. The van der Waals surface area contributed by atoms with Gasteiger partial charge in [-0.1, -0.05) is 76.2 Å². The summed E-state index contributed by atoms with van der Waals surface area (Å²) in [6.45, 7) is 20.7. The zero-order valence-corrected chi connectivity index (χ0v) is 31.4. The molecule has 1 heterocycles. The van der Waals surface area contributed by atoms with Crippen LogP contribution in [0.2, 0.25) is 0 Å². The summed E-state index contributed by atoms with van der Waals surface area (Å²) in [6.07, 6.45) is -2.21. The molecule has 4 N–H and O–H groups in total. The second-order valence-corrected chi connectivity index (χ2v) is 18.6. The van der Waals surface area contributed by atoms with Gasteiger partial charge in [-0.2, -0.15) is 0 Å². The molecule has 47 heavy (non-hydrogen) atoms. The van der Waals surface area contributed by atoms with Gasteiger partial charge >= 0.3 is 6.03 Å². The molecule has 1 rings (SSSR count). The summed E-state index contributed by atoms with van der Waals surface area (Å²) in [5, 5.41) is 10.7. The Morgan fingerprint density at radius 2 is 1.47 bits per heavy atom. The van der Waals surface area contributed by atoms with Gasteiger partial charge in [-0.05, 0) is 34.5 Å². The first-order valence-electron chi connectivity index (χ1n) is 16.2. The fraction of sp³-hybridized carbons (Fsp3) is 0.875. The molecule has 5 amide bonds. The van der Waals surface area contributed by atoms with E-state index in [0.29, 0.717) is 6.42 Å². The topological polar surface area (TPSA) is 157 Å². The second-order valence-electron chi connectivity index (χ2n) is 16.5. The van der Waals surface area contributed by atoms with Crippen molar-refractivity contribution in [1.29, 1.82) is 0 Å². The molecule has 1 aliphatic rings. The Morgan fingerprint density at radius 1 is 0.915 bits per heavy atom. The number of likely N-dealkylation sites (N-methyl/N-ethyl adjacent to an activating group) is 1. The summed E-state index contributed by atoms with van der Waals surface area (Å²) in [5.41, 5.74) is -1.68. The third-order valence-electron chi connectivity index (χ3n) is 8.44. The smallest absolute Gasteiger partial charge is 0.315 e. The largest absolute Gasteiger partial charge is 0.354 e. The lowest BCUT2D eigenvalue weighted by Gasteiger charge is -2.38. The Labute approximate surface area is 281 Å². The van der Waals surface area contributed by atoms with E-state index in [0.717, 1.165) is 10.6 Å². The number of sulfonamides is 1. The molecule has 274 valence electrons. The Hall–Kier alpha value is -2.55. The van der Waals surface area contributed by atoms with Gasteiger partial charge in [-0.25, -0.2) is 26.3 Å². The Morgan fingerprint density at radius 3 is 1.89 bits per heavy atom. The number of nitrogens with one attached hydrogen (secondary N) is 4. The Balaban J connectivity index is 3.35. The van der Waals surface area contributed by atoms with E-state index in [-0.39, 0.29) is 36.9 Å². The van der Waals surface area contributed by atoms with Crippen LogP contribution >= 0.6 is 0 Å². The van der Waals surface area contributed by atoms with E-state index >= 15 is 0 Å². The molecule has 1 saturated heterocycles. The number of carbonyl (C=O) groups is 4. The predicted octanol–water partition coefficient (Wildman–Crippen LogP) is 3.18. The summed E-state index contributed by atoms with van der Waals surface area (Å²) >= 11 is 0. The molecular formula is C32H60F2N6O6S. The molecule has 0 saturated carbocycles. The summed E-state index contributed by atoms with van der Waals surface area (Å²) in [6, 6.07) is -4.97. The highest BCUT2D eigenvalue weighted by Crippen LogP contribution is 2.33. The van der Waals surface area contributed by atoms with Crippen LogP contribution in [0, 0.1) is 28.1 Å². The highest BCUT2D eigenvalue weighted by Gasteiger charge is 2.48. The number of amides is 5. The van der Waals surface area contributed by atoms with E-state index in [1.165, 1.54) is 11.9 Å². The Bertz CT molecular complexity index is 1210. The molecule has 15 heteroatoms. The minimum atomic E-state index is -3.53. The maximum atomic E-state index is 14.2. The first-order chi connectivity index (χ1) is 21.1. The lowest BCUT2D eigenvalue weighted by atomic mass is 9.84. The normalized spacial score (nSPS) is 19.8. The van der Waals surface area contributed by atoms with Crippen LogP contribution in [0.1, 0.15) is 89.0 Å². The minimum Gasteiger partial charge on any atom is -0.354 e. The molecule has 1 aliphatic heterocycles. The summed E-state index contributed by atoms with van der Waals surface area (Å²) < 4.78 is 52.3. The highest BCUT2D eigenvalue weighted by molar-refractivity contribution is 7.88. The zero-order chi connectivity index (χ0) is 36.9. The van der Waals surface area contributed by atoms with Crippen molar-refractivity contribution in [3.8, 4) is 0 Å². The molecule has 1 unspecified atom stereocenters. The maximum Gasteiger partial charge on any atom is 0.315 e. The van der Waals surface area contributed by atoms with E-state index in [1.54, 1.807) is 20.8 Å². The van der Waals surface area contributed by atoms with Crippen LogP contribution in [0.25, 0.3) is 0 Å². The number of halogens is 2. The van der Waals surface area contributed by atoms with Crippen molar-refractivity contribution in [2.75, 3.05) is 32.9 Å². The van der Waals surface area contributed by atoms with Gasteiger partial charge in [-0.15, -0.1) is 0 Å². The van der Waals surface area contributed by atoms with Crippen LogP contribution in [-0.2, 0) is 24.4 Å². The van der Waals surface area contributed by atoms with E-state index < -0.39 is 81.6 Å². The number of alkyl halides is 2. The molecule has 0 aliphatic carbocycles. The molecule has 0 aromatic carbocycles. The molecule has 1 fully saturated rings. The van der Waals surface area contributed by atoms with Crippen molar-refractivity contribution >= 4 is 33.8 Å². The third kappa shape index (κ3) is 13.5. The van der Waals surface area contributed by atoms with Crippen molar-refractivity contribution in [3.05, 3.63) is 0 Å². The van der Waals surface area contributed by atoms with Crippen molar-refractivity contribution in [1.82, 2.24) is 30.5 Å². The van der Waals surface area contributed by atoms with Crippen molar-refractivity contribution < 1.29 is 36.4 Å². The average Bonchev–Trinajstić information content (AvgIpc) is 3.32. The van der Waals surface area contributed by atoms with Gasteiger partial charge < -0.3 is 26.2 Å². The molecule has 0 aromatic rings. The van der Waals surface area contributed by atoms with Gasteiger partial charge in [-0.3, -0.25) is 14.4 Å². The molecule has 12 nitrogen and oxygen atoms in total. The van der Waals surface area contributed by atoms with Crippen molar-refractivity contribution in [2.45, 2.75) is 120 Å². The highest BCUT2D eigenvalue weighted by atomic mass is 32.2. The number of hydrogen-bond donors (Lipinski definition) is 4. The second kappa shape index (κ2) is 16.2. The first-order valence-corrected chi connectivity index (χ1v) is 18.1. The van der Waals surface area contributed by atoms with Gasteiger partial charge in [0.1, 0.15) is 18.1 Å². The molecule has 0 spiro atoms. The van der Waals surface area contributed by atoms with Gasteiger partial charge in [0, 0.05) is 39.1 Å². The van der Waals surface area contributed by atoms with Crippen molar-refractivity contribution in [2.24, 2.45) is 28.1 Å². The number of hydrogen-bond acceptors (Lipinski definition) is 6. The maximum absolute atomic E-state index is 14.2. The van der Waals surface area contributed by atoms with Crippen LogP contribution in [0.4, 0.5) is 13.6 Å². The number of nitrogens with zero attached hydrogens (tertiary/aromatic N) is 2. The fourth-order valence-corrected chi connectivity index (χ4v) is 5.73. The first kappa shape index (κ1) is 42.5. The van der Waals surface area contributed by atoms with Gasteiger partial charge in [0.05, 0.1) is 6.26 Å². The molecule has 0 aromatic heterocycles.